The van der Waals surface area contributed by atoms with Gasteiger partial charge in [-0.25, -0.2) is 0 Å². The number of anilines is 1. The molecule has 0 aromatic heterocycles. The van der Waals surface area contributed by atoms with E-state index in [1.54, 1.807) is 32.0 Å². The summed E-state index contributed by atoms with van der Waals surface area (Å²) in [6.45, 7) is 7.01. The van der Waals surface area contributed by atoms with Gasteiger partial charge in [-0.05, 0) is 45.4 Å². The van der Waals surface area contributed by atoms with Crippen molar-refractivity contribution in [3.63, 3.8) is 0 Å². The maximum atomic E-state index is 12.3. The molecule has 0 fully saturated rings. The van der Waals surface area contributed by atoms with Crippen molar-refractivity contribution in [1.29, 1.82) is 0 Å². The van der Waals surface area contributed by atoms with Crippen molar-refractivity contribution < 1.29 is 9.59 Å². The zero-order valence-corrected chi connectivity index (χ0v) is 14.1. The van der Waals surface area contributed by atoms with E-state index in [-0.39, 0.29) is 11.9 Å². The summed E-state index contributed by atoms with van der Waals surface area (Å²) in [5.74, 6) is -0.732. The van der Waals surface area contributed by atoms with Crippen LogP contribution in [0.1, 0.15) is 34.1 Å². The van der Waals surface area contributed by atoms with Crippen LogP contribution in [-0.4, -0.2) is 17.9 Å². The molecule has 0 saturated heterocycles. The van der Waals surface area contributed by atoms with Gasteiger partial charge in [0.2, 0.25) is 11.8 Å². The van der Waals surface area contributed by atoms with Crippen LogP contribution in [0.2, 0.25) is 10.0 Å². The minimum atomic E-state index is -1.20. The third-order valence-corrected chi connectivity index (χ3v) is 3.68. The van der Waals surface area contributed by atoms with Gasteiger partial charge in [0.1, 0.15) is 5.41 Å². The highest BCUT2D eigenvalue weighted by Crippen LogP contribution is 2.25. The first-order valence-corrected chi connectivity index (χ1v) is 7.51. The summed E-state index contributed by atoms with van der Waals surface area (Å²) < 4.78 is 0. The second kappa shape index (κ2) is 7.14. The van der Waals surface area contributed by atoms with Crippen molar-refractivity contribution >= 4 is 40.7 Å². The van der Waals surface area contributed by atoms with Crippen molar-refractivity contribution in [1.82, 2.24) is 5.32 Å². The molecule has 0 aliphatic rings. The average molecular weight is 331 g/mol. The van der Waals surface area contributed by atoms with Crippen LogP contribution in [0, 0.1) is 5.41 Å². The molecule has 0 aliphatic heterocycles. The van der Waals surface area contributed by atoms with Crippen molar-refractivity contribution in [2.45, 2.75) is 40.2 Å². The SMILES string of the molecule is CCC(C)NC(=O)C(C)(C)C(=O)Nc1cc(Cl)cc(Cl)c1. The van der Waals surface area contributed by atoms with Crippen LogP contribution in [0.15, 0.2) is 18.2 Å². The number of hydrogen-bond donors (Lipinski definition) is 2. The molecule has 1 aromatic rings. The van der Waals surface area contributed by atoms with E-state index in [4.69, 9.17) is 23.2 Å². The fourth-order valence-corrected chi connectivity index (χ4v) is 2.05. The molecular formula is C15H20Cl2N2O2. The Morgan fingerprint density at radius 2 is 1.67 bits per heavy atom. The standard InChI is InChI=1S/C15H20Cl2N2O2/c1-5-9(2)18-13(20)15(3,4)14(21)19-12-7-10(16)6-11(17)8-12/h6-9H,5H2,1-4H3,(H,18,20)(H,19,21). The number of hydrogen-bond acceptors (Lipinski definition) is 2. The van der Waals surface area contributed by atoms with Gasteiger partial charge in [-0.1, -0.05) is 30.1 Å². The van der Waals surface area contributed by atoms with Gasteiger partial charge in [0.05, 0.1) is 0 Å². The molecule has 0 spiro atoms. The van der Waals surface area contributed by atoms with Crippen LogP contribution in [-0.2, 0) is 9.59 Å². The zero-order valence-electron chi connectivity index (χ0n) is 12.6. The van der Waals surface area contributed by atoms with E-state index in [0.29, 0.717) is 15.7 Å². The summed E-state index contributed by atoms with van der Waals surface area (Å²) in [5, 5.41) is 6.31. The van der Waals surface area contributed by atoms with Crippen LogP contribution < -0.4 is 10.6 Å². The van der Waals surface area contributed by atoms with Crippen LogP contribution in [0.5, 0.6) is 0 Å². The van der Waals surface area contributed by atoms with E-state index in [9.17, 15) is 9.59 Å². The molecule has 21 heavy (non-hydrogen) atoms. The summed E-state index contributed by atoms with van der Waals surface area (Å²) in [5.41, 5.74) is -0.736. The number of benzene rings is 1. The summed E-state index contributed by atoms with van der Waals surface area (Å²) in [4.78, 5) is 24.5. The average Bonchev–Trinajstić information content (AvgIpc) is 2.36. The van der Waals surface area contributed by atoms with Gasteiger partial charge >= 0.3 is 0 Å². The Hall–Kier alpha value is -1.26. The van der Waals surface area contributed by atoms with Crippen molar-refractivity contribution in [2.75, 3.05) is 5.32 Å². The van der Waals surface area contributed by atoms with E-state index in [2.05, 4.69) is 10.6 Å². The molecule has 2 amide bonds. The van der Waals surface area contributed by atoms with E-state index < -0.39 is 11.3 Å². The Balaban J connectivity index is 2.83. The highest BCUT2D eigenvalue weighted by atomic mass is 35.5. The number of halogens is 2. The smallest absolute Gasteiger partial charge is 0.239 e. The minimum absolute atomic E-state index is 0.0187. The summed E-state index contributed by atoms with van der Waals surface area (Å²) in [6.07, 6.45) is 0.799. The van der Waals surface area contributed by atoms with Crippen LogP contribution in [0.25, 0.3) is 0 Å². The van der Waals surface area contributed by atoms with E-state index in [1.807, 2.05) is 13.8 Å². The summed E-state index contributed by atoms with van der Waals surface area (Å²) >= 11 is 11.8. The molecular weight excluding hydrogens is 311 g/mol. The van der Waals surface area contributed by atoms with Crippen molar-refractivity contribution in [2.24, 2.45) is 5.41 Å². The lowest BCUT2D eigenvalue weighted by atomic mass is 9.90. The number of rotatable bonds is 5. The maximum absolute atomic E-state index is 12.3. The molecule has 1 aromatic carbocycles. The van der Waals surface area contributed by atoms with Gasteiger partial charge in [0, 0.05) is 21.8 Å². The monoisotopic (exact) mass is 330 g/mol. The zero-order chi connectivity index (χ0) is 16.2. The molecule has 2 N–H and O–H groups in total. The highest BCUT2D eigenvalue weighted by molar-refractivity contribution is 6.35. The Morgan fingerprint density at radius 3 is 2.14 bits per heavy atom. The molecule has 4 nitrogen and oxygen atoms in total. The molecule has 116 valence electrons. The highest BCUT2D eigenvalue weighted by Gasteiger charge is 2.36. The van der Waals surface area contributed by atoms with Gasteiger partial charge in [0.15, 0.2) is 0 Å². The fourth-order valence-electron chi connectivity index (χ4n) is 1.52. The summed E-state index contributed by atoms with van der Waals surface area (Å²) in [6, 6.07) is 4.74. The van der Waals surface area contributed by atoms with Crippen molar-refractivity contribution in [3.8, 4) is 0 Å². The lowest BCUT2D eigenvalue weighted by Gasteiger charge is -2.24. The fraction of sp³-hybridized carbons (Fsp3) is 0.467. The van der Waals surface area contributed by atoms with Gasteiger partial charge in [-0.3, -0.25) is 9.59 Å². The predicted octanol–water partition coefficient (Wildman–Crippen LogP) is 3.87. The van der Waals surface area contributed by atoms with Crippen LogP contribution >= 0.6 is 23.2 Å². The molecule has 0 heterocycles. The van der Waals surface area contributed by atoms with E-state index in [0.717, 1.165) is 6.42 Å². The minimum Gasteiger partial charge on any atom is -0.353 e. The Bertz CT molecular complexity index is 524. The lowest BCUT2D eigenvalue weighted by Crippen LogP contribution is -2.47. The predicted molar refractivity (Wildman–Crippen MR) is 86.8 cm³/mol. The quantitative estimate of drug-likeness (QED) is 0.805. The largest absolute Gasteiger partial charge is 0.353 e. The first-order chi connectivity index (χ1) is 9.66. The molecule has 0 bridgehead atoms. The molecule has 0 saturated carbocycles. The Labute approximate surface area is 135 Å². The Kier molecular flexibility index (Phi) is 6.05. The number of carbonyl (C=O) groups excluding carboxylic acids is 2. The molecule has 1 rings (SSSR count). The third kappa shape index (κ3) is 4.90. The van der Waals surface area contributed by atoms with Crippen molar-refractivity contribution in [3.05, 3.63) is 28.2 Å². The van der Waals surface area contributed by atoms with E-state index in [1.165, 1.54) is 0 Å². The topological polar surface area (TPSA) is 58.2 Å². The van der Waals surface area contributed by atoms with E-state index >= 15 is 0 Å². The van der Waals surface area contributed by atoms with Gasteiger partial charge in [-0.2, -0.15) is 0 Å². The number of amides is 2. The number of nitrogens with one attached hydrogen (secondary N) is 2. The lowest BCUT2D eigenvalue weighted by molar-refractivity contribution is -0.138. The first kappa shape index (κ1) is 17.8. The van der Waals surface area contributed by atoms with Gasteiger partial charge in [-0.15, -0.1) is 0 Å². The molecule has 0 radical (unpaired) electrons. The first-order valence-electron chi connectivity index (χ1n) is 6.75. The molecule has 0 aliphatic carbocycles. The maximum Gasteiger partial charge on any atom is 0.239 e. The van der Waals surface area contributed by atoms with Crippen LogP contribution in [0.3, 0.4) is 0 Å². The molecule has 1 unspecified atom stereocenters. The molecule has 1 atom stereocenters. The summed E-state index contributed by atoms with van der Waals surface area (Å²) in [7, 11) is 0. The van der Waals surface area contributed by atoms with Gasteiger partial charge < -0.3 is 10.6 Å². The second-order valence-electron chi connectivity index (χ2n) is 5.52. The normalized spacial score (nSPS) is 12.7. The third-order valence-electron chi connectivity index (χ3n) is 3.25. The van der Waals surface area contributed by atoms with Crippen LogP contribution in [0.4, 0.5) is 5.69 Å². The second-order valence-corrected chi connectivity index (χ2v) is 6.39. The Morgan fingerprint density at radius 1 is 1.14 bits per heavy atom. The number of carbonyl (C=O) groups is 2. The van der Waals surface area contributed by atoms with Gasteiger partial charge in [0.25, 0.3) is 0 Å². The molecule has 6 heteroatoms.